The van der Waals surface area contributed by atoms with E-state index in [1.54, 1.807) is 12.1 Å². The van der Waals surface area contributed by atoms with Crippen molar-refractivity contribution in [2.24, 2.45) is 0 Å². The first-order chi connectivity index (χ1) is 13.2. The quantitative estimate of drug-likeness (QED) is 0.813. The van der Waals surface area contributed by atoms with Crippen LogP contribution in [0.25, 0.3) is 0 Å². The van der Waals surface area contributed by atoms with Crippen molar-refractivity contribution in [3.63, 3.8) is 0 Å². The standard InChI is InChI=1S/C20H23ClN2O4S/c1-4-14-7-5-6-13(2)19(14)22-20(24)18-10-11-23(28(3,25)26)16-12-15(21)8-9-17(16)27-18/h5-9,12,18H,4,10-11H2,1-3H3,(H,22,24). The van der Waals surface area contributed by atoms with Gasteiger partial charge in [0.05, 0.1) is 11.9 Å². The monoisotopic (exact) mass is 422 g/mol. The molecule has 0 saturated heterocycles. The molecule has 150 valence electrons. The van der Waals surface area contributed by atoms with Gasteiger partial charge < -0.3 is 10.1 Å². The molecule has 3 rings (SSSR count). The molecule has 0 bridgehead atoms. The fourth-order valence-electron chi connectivity index (χ4n) is 3.29. The van der Waals surface area contributed by atoms with Crippen molar-refractivity contribution in [1.29, 1.82) is 0 Å². The number of anilines is 2. The van der Waals surface area contributed by atoms with Crippen LogP contribution in [0.4, 0.5) is 11.4 Å². The second-order valence-corrected chi connectivity index (χ2v) is 9.14. The summed E-state index contributed by atoms with van der Waals surface area (Å²) in [5, 5.41) is 3.36. The molecule has 6 nitrogen and oxygen atoms in total. The largest absolute Gasteiger partial charge is 0.478 e. The third kappa shape index (κ3) is 4.25. The molecule has 1 aliphatic rings. The van der Waals surface area contributed by atoms with Crippen molar-refractivity contribution in [2.75, 3.05) is 22.4 Å². The summed E-state index contributed by atoms with van der Waals surface area (Å²) in [7, 11) is -3.54. The van der Waals surface area contributed by atoms with Crippen molar-refractivity contribution in [3.8, 4) is 5.75 Å². The van der Waals surface area contributed by atoms with Crippen LogP contribution in [0, 0.1) is 6.92 Å². The second-order valence-electron chi connectivity index (χ2n) is 6.79. The number of fused-ring (bicyclic) bond motifs is 1. The number of para-hydroxylation sites is 1. The van der Waals surface area contributed by atoms with Crippen LogP contribution in [0.5, 0.6) is 5.75 Å². The molecule has 1 unspecified atom stereocenters. The number of amides is 1. The molecule has 2 aromatic rings. The number of rotatable bonds is 4. The molecule has 8 heteroatoms. The van der Waals surface area contributed by atoms with Gasteiger partial charge in [0.1, 0.15) is 5.75 Å². The maximum absolute atomic E-state index is 12.9. The number of halogens is 1. The highest BCUT2D eigenvalue weighted by Gasteiger charge is 2.31. The molecule has 1 heterocycles. The van der Waals surface area contributed by atoms with Gasteiger partial charge in [0.25, 0.3) is 5.91 Å². The molecule has 1 atom stereocenters. The topological polar surface area (TPSA) is 75.7 Å². The first-order valence-corrected chi connectivity index (χ1v) is 11.3. The maximum Gasteiger partial charge on any atom is 0.265 e. The van der Waals surface area contributed by atoms with Crippen LogP contribution in [0.3, 0.4) is 0 Å². The lowest BCUT2D eigenvalue weighted by Crippen LogP contribution is -2.36. The average molecular weight is 423 g/mol. The predicted molar refractivity (Wildman–Crippen MR) is 112 cm³/mol. The molecule has 0 saturated carbocycles. The van der Waals surface area contributed by atoms with Gasteiger partial charge in [0, 0.05) is 23.7 Å². The Morgan fingerprint density at radius 3 is 2.75 bits per heavy atom. The van der Waals surface area contributed by atoms with E-state index in [9.17, 15) is 13.2 Å². The van der Waals surface area contributed by atoms with Gasteiger partial charge in [-0.1, -0.05) is 36.7 Å². The summed E-state index contributed by atoms with van der Waals surface area (Å²) < 4.78 is 31.6. The van der Waals surface area contributed by atoms with E-state index in [0.717, 1.165) is 29.5 Å². The van der Waals surface area contributed by atoms with E-state index in [1.807, 2.05) is 32.0 Å². The van der Waals surface area contributed by atoms with Gasteiger partial charge in [-0.15, -0.1) is 0 Å². The van der Waals surface area contributed by atoms with Crippen molar-refractivity contribution < 1.29 is 17.9 Å². The summed E-state index contributed by atoms with van der Waals surface area (Å²) >= 11 is 6.05. The van der Waals surface area contributed by atoms with Crippen LogP contribution >= 0.6 is 11.6 Å². The smallest absolute Gasteiger partial charge is 0.265 e. The van der Waals surface area contributed by atoms with Crippen LogP contribution < -0.4 is 14.4 Å². The van der Waals surface area contributed by atoms with Crippen LogP contribution in [-0.2, 0) is 21.2 Å². The predicted octanol–water partition coefficient (Wildman–Crippen LogP) is 3.77. The lowest BCUT2D eigenvalue weighted by Gasteiger charge is -2.21. The van der Waals surface area contributed by atoms with Crippen molar-refractivity contribution in [1.82, 2.24) is 0 Å². The Bertz CT molecular complexity index is 1010. The number of ether oxygens (including phenoxy) is 1. The zero-order valence-corrected chi connectivity index (χ0v) is 17.6. The Kier molecular flexibility index (Phi) is 5.86. The van der Waals surface area contributed by atoms with E-state index in [0.29, 0.717) is 16.5 Å². The van der Waals surface area contributed by atoms with Crippen molar-refractivity contribution >= 4 is 38.9 Å². The third-order valence-corrected chi connectivity index (χ3v) is 6.15. The Labute approximate surface area is 170 Å². The number of hydrogen-bond acceptors (Lipinski definition) is 4. The van der Waals surface area contributed by atoms with Gasteiger partial charge in [-0.3, -0.25) is 9.10 Å². The fourth-order valence-corrected chi connectivity index (χ4v) is 4.39. The third-order valence-electron chi connectivity index (χ3n) is 4.73. The lowest BCUT2D eigenvalue weighted by molar-refractivity contribution is -0.122. The number of nitrogens with zero attached hydrogens (tertiary/aromatic N) is 1. The molecule has 0 aliphatic carbocycles. The minimum absolute atomic E-state index is 0.124. The number of sulfonamides is 1. The first kappa shape index (κ1) is 20.5. The van der Waals surface area contributed by atoms with E-state index in [2.05, 4.69) is 5.32 Å². The van der Waals surface area contributed by atoms with Gasteiger partial charge in [0.2, 0.25) is 10.0 Å². The summed E-state index contributed by atoms with van der Waals surface area (Å²) in [5.74, 6) is 0.00762. The average Bonchev–Trinajstić information content (AvgIpc) is 2.82. The minimum atomic E-state index is -3.54. The highest BCUT2D eigenvalue weighted by Crippen LogP contribution is 2.36. The summed E-state index contributed by atoms with van der Waals surface area (Å²) in [6, 6.07) is 10.6. The molecular weight excluding hydrogens is 400 g/mol. The van der Waals surface area contributed by atoms with E-state index < -0.39 is 16.1 Å². The maximum atomic E-state index is 12.9. The number of aryl methyl sites for hydroxylation is 2. The van der Waals surface area contributed by atoms with Crippen LogP contribution in [0.1, 0.15) is 24.5 Å². The number of hydrogen-bond donors (Lipinski definition) is 1. The summed E-state index contributed by atoms with van der Waals surface area (Å²) in [4.78, 5) is 12.9. The van der Waals surface area contributed by atoms with Gasteiger partial charge in [-0.2, -0.15) is 0 Å². The summed E-state index contributed by atoms with van der Waals surface area (Å²) in [6.45, 7) is 4.08. The molecule has 1 aliphatic heterocycles. The molecule has 1 amide bonds. The first-order valence-electron chi connectivity index (χ1n) is 9.04. The SMILES string of the molecule is CCc1cccc(C)c1NC(=O)C1CCN(S(C)(=O)=O)c2cc(Cl)ccc2O1. The van der Waals surface area contributed by atoms with Crippen LogP contribution in [-0.4, -0.2) is 33.2 Å². The molecule has 28 heavy (non-hydrogen) atoms. The molecular formula is C20H23ClN2O4S. The van der Waals surface area contributed by atoms with Crippen molar-refractivity contribution in [2.45, 2.75) is 32.8 Å². The highest BCUT2D eigenvalue weighted by atomic mass is 35.5. The number of nitrogens with one attached hydrogen (secondary N) is 1. The van der Waals surface area contributed by atoms with Gasteiger partial charge >= 0.3 is 0 Å². The Morgan fingerprint density at radius 1 is 1.32 bits per heavy atom. The molecule has 0 radical (unpaired) electrons. The van der Waals surface area contributed by atoms with Gasteiger partial charge in [0.15, 0.2) is 6.10 Å². The highest BCUT2D eigenvalue weighted by molar-refractivity contribution is 7.92. The van der Waals surface area contributed by atoms with Crippen LogP contribution in [0.2, 0.25) is 5.02 Å². The number of carbonyl (C=O) groups is 1. The van der Waals surface area contributed by atoms with E-state index in [-0.39, 0.29) is 18.9 Å². The van der Waals surface area contributed by atoms with E-state index >= 15 is 0 Å². The number of carbonyl (C=O) groups excluding carboxylic acids is 1. The Morgan fingerprint density at radius 2 is 2.07 bits per heavy atom. The molecule has 1 N–H and O–H groups in total. The zero-order chi connectivity index (χ0) is 20.5. The summed E-state index contributed by atoms with van der Waals surface area (Å²) in [5.41, 5.74) is 3.12. The molecule has 2 aromatic carbocycles. The molecule has 0 spiro atoms. The lowest BCUT2D eigenvalue weighted by atomic mass is 10.1. The van der Waals surface area contributed by atoms with E-state index in [1.165, 1.54) is 10.4 Å². The van der Waals surface area contributed by atoms with Crippen LogP contribution in [0.15, 0.2) is 36.4 Å². The van der Waals surface area contributed by atoms with Gasteiger partial charge in [-0.25, -0.2) is 8.42 Å². The minimum Gasteiger partial charge on any atom is -0.478 e. The van der Waals surface area contributed by atoms with Crippen molar-refractivity contribution in [3.05, 3.63) is 52.5 Å². The Hall–Kier alpha value is -2.25. The van der Waals surface area contributed by atoms with Gasteiger partial charge in [-0.05, 0) is 42.7 Å². The fraction of sp³-hybridized carbons (Fsp3) is 0.350. The second kappa shape index (κ2) is 8.01. The molecule has 0 aromatic heterocycles. The normalized spacial score (nSPS) is 16.7. The Balaban J connectivity index is 1.91. The zero-order valence-electron chi connectivity index (χ0n) is 16.0. The summed E-state index contributed by atoms with van der Waals surface area (Å²) in [6.07, 6.45) is 1.31. The molecule has 0 fully saturated rings. The van der Waals surface area contributed by atoms with E-state index in [4.69, 9.17) is 16.3 Å². The number of benzene rings is 2.